The van der Waals surface area contributed by atoms with Crippen LogP contribution in [0.1, 0.15) is 120 Å². The molecule has 3 aliphatic carbocycles. The number of epoxide rings is 3. The minimum Gasteiger partial charge on any atom is -0.447 e. The van der Waals surface area contributed by atoms with Gasteiger partial charge in [0.25, 0.3) is 0 Å². The predicted octanol–water partition coefficient (Wildman–Crippen LogP) is 4.30. The second-order valence-corrected chi connectivity index (χ2v) is 23.5. The van der Waals surface area contributed by atoms with E-state index in [1.165, 1.54) is 13.7 Å². The van der Waals surface area contributed by atoms with Gasteiger partial charge < -0.3 is 44.4 Å². The first-order valence-electron chi connectivity index (χ1n) is 22.9. The zero-order chi connectivity index (χ0) is 45.8. The molecule has 0 aromatic carbocycles. The summed E-state index contributed by atoms with van der Waals surface area (Å²) >= 11 is 0. The fourth-order valence-corrected chi connectivity index (χ4v) is 12.4. The molecule has 18 nitrogen and oxygen atoms in total. The third-order valence-corrected chi connectivity index (χ3v) is 13.7. The van der Waals surface area contributed by atoms with Crippen molar-refractivity contribution in [2.24, 2.45) is 32.5 Å². The highest BCUT2D eigenvalue weighted by atomic mass is 16.6. The molecule has 9 unspecified atom stereocenters. The fraction of sp³-hybridized carbons (Fsp3) is 0.867. The van der Waals surface area contributed by atoms with Crippen molar-refractivity contribution < 1.29 is 42.8 Å². The van der Waals surface area contributed by atoms with Gasteiger partial charge in [0.1, 0.15) is 38.1 Å². The van der Waals surface area contributed by atoms with Crippen LogP contribution in [0.4, 0.5) is 14.4 Å². The van der Waals surface area contributed by atoms with Crippen LogP contribution in [-0.2, 0) is 48.1 Å². The second kappa shape index (κ2) is 17.5. The molecule has 0 spiro atoms. The Morgan fingerprint density at radius 2 is 0.714 bits per heavy atom. The predicted molar refractivity (Wildman–Crippen MR) is 230 cm³/mol. The molecule has 3 saturated heterocycles. The van der Waals surface area contributed by atoms with Gasteiger partial charge in [0, 0.05) is 37.8 Å². The number of rotatable bonds is 15. The molecule has 6 fully saturated rings. The van der Waals surface area contributed by atoms with Crippen LogP contribution in [0, 0.1) is 32.5 Å². The summed E-state index contributed by atoms with van der Waals surface area (Å²) < 4.78 is 35.5. The van der Waals surface area contributed by atoms with Crippen molar-refractivity contribution >= 4 is 18.3 Å². The minimum absolute atomic E-state index is 0.0173. The number of alkyl carbamates (subject to hydrolysis) is 3. The molecule has 4 heterocycles. The SMILES string of the molecule is CC1(C)CC(NC(=O)OCC2CO2)CC(C)(Cn2c(=O)n(CC3(C)CC(NC(=O)OCC4CO4)CC(C)(C)C3)c(=O)n(CC3(C)CC(NC(=O)OCC4CO4)CC(C)(C)C3)c2=O)C1. The molecule has 354 valence electrons. The first-order valence-corrected chi connectivity index (χ1v) is 22.9. The Balaban J connectivity index is 1.20. The fourth-order valence-electron chi connectivity index (χ4n) is 12.4. The van der Waals surface area contributed by atoms with Crippen molar-refractivity contribution in [1.82, 2.24) is 29.7 Å². The van der Waals surface area contributed by atoms with E-state index in [9.17, 15) is 28.8 Å². The van der Waals surface area contributed by atoms with E-state index in [1.54, 1.807) is 0 Å². The molecule has 7 rings (SSSR count). The van der Waals surface area contributed by atoms with Gasteiger partial charge in [0.2, 0.25) is 0 Å². The summed E-state index contributed by atoms with van der Waals surface area (Å²) in [7, 11) is 0. The number of aromatic nitrogens is 3. The van der Waals surface area contributed by atoms with Crippen molar-refractivity contribution in [3.63, 3.8) is 0 Å². The van der Waals surface area contributed by atoms with Gasteiger partial charge in [-0.1, -0.05) is 62.3 Å². The number of hydrogen-bond donors (Lipinski definition) is 3. The van der Waals surface area contributed by atoms with Crippen LogP contribution in [0.2, 0.25) is 0 Å². The quantitative estimate of drug-likeness (QED) is 0.166. The van der Waals surface area contributed by atoms with Gasteiger partial charge in [0.05, 0.1) is 19.8 Å². The lowest BCUT2D eigenvalue weighted by atomic mass is 9.62. The van der Waals surface area contributed by atoms with Crippen molar-refractivity contribution in [3.8, 4) is 0 Å². The summed E-state index contributed by atoms with van der Waals surface area (Å²) in [5.41, 5.74) is -4.80. The molecule has 63 heavy (non-hydrogen) atoms. The van der Waals surface area contributed by atoms with Crippen molar-refractivity contribution in [2.75, 3.05) is 39.6 Å². The Labute approximate surface area is 369 Å². The molecule has 6 aliphatic rings. The highest BCUT2D eigenvalue weighted by Crippen LogP contribution is 2.49. The van der Waals surface area contributed by atoms with E-state index in [-0.39, 0.29) is 92.1 Å². The average Bonchev–Trinajstić information content (AvgIpc) is 3.98. The van der Waals surface area contributed by atoms with Crippen LogP contribution in [0.5, 0.6) is 0 Å². The Morgan fingerprint density at radius 1 is 0.476 bits per heavy atom. The maximum Gasteiger partial charge on any atom is 0.407 e. The average molecular weight is 889 g/mol. The lowest BCUT2D eigenvalue weighted by Gasteiger charge is -2.48. The Hall–Kier alpha value is -3.90. The van der Waals surface area contributed by atoms with E-state index in [0.29, 0.717) is 77.6 Å². The Morgan fingerprint density at radius 3 is 0.937 bits per heavy atom. The van der Waals surface area contributed by atoms with E-state index in [4.69, 9.17) is 28.4 Å². The van der Waals surface area contributed by atoms with Gasteiger partial charge in [-0.25, -0.2) is 42.5 Å². The molecule has 1 aromatic rings. The number of carbonyl (C=O) groups excluding carboxylic acids is 3. The molecule has 3 amide bonds. The Kier molecular flexibility index (Phi) is 13.1. The molecule has 9 atom stereocenters. The summed E-state index contributed by atoms with van der Waals surface area (Å²) in [4.78, 5) is 83.5. The third-order valence-electron chi connectivity index (χ3n) is 13.7. The lowest BCUT2D eigenvalue weighted by molar-refractivity contribution is 0.0394. The van der Waals surface area contributed by atoms with Crippen molar-refractivity contribution in [1.29, 1.82) is 0 Å². The van der Waals surface area contributed by atoms with Crippen LogP contribution in [0.15, 0.2) is 14.4 Å². The first kappa shape index (κ1) is 47.1. The van der Waals surface area contributed by atoms with Crippen LogP contribution in [-0.4, -0.2) is 108 Å². The number of nitrogens with zero attached hydrogens (tertiary/aromatic N) is 3. The van der Waals surface area contributed by atoms with E-state index in [0.717, 1.165) is 0 Å². The Bertz CT molecular complexity index is 1810. The van der Waals surface area contributed by atoms with E-state index < -0.39 is 51.6 Å². The maximum absolute atomic E-state index is 14.9. The highest BCUT2D eigenvalue weighted by molar-refractivity contribution is 5.68. The van der Waals surface area contributed by atoms with Gasteiger partial charge >= 0.3 is 35.3 Å². The summed E-state index contributed by atoms with van der Waals surface area (Å²) in [6.07, 6.45) is 3.56. The number of hydrogen-bond acceptors (Lipinski definition) is 12. The number of nitrogens with one attached hydrogen (secondary N) is 3. The topological polar surface area (TPSA) is 219 Å². The van der Waals surface area contributed by atoms with Gasteiger partial charge in [-0.2, -0.15) is 0 Å². The molecular formula is C45H72N6O12. The molecule has 3 aliphatic heterocycles. The lowest BCUT2D eigenvalue weighted by Crippen LogP contribution is -2.60. The normalized spacial score (nSPS) is 34.8. The zero-order valence-corrected chi connectivity index (χ0v) is 38.9. The van der Waals surface area contributed by atoms with Crippen molar-refractivity contribution in [3.05, 3.63) is 31.5 Å². The van der Waals surface area contributed by atoms with E-state index >= 15 is 0 Å². The van der Waals surface area contributed by atoms with Gasteiger partial charge in [-0.3, -0.25) is 0 Å². The molecule has 0 bridgehead atoms. The molecule has 3 N–H and O–H groups in total. The van der Waals surface area contributed by atoms with Crippen LogP contribution < -0.4 is 33.0 Å². The van der Waals surface area contributed by atoms with Crippen molar-refractivity contribution in [2.45, 2.75) is 176 Å². The third kappa shape index (κ3) is 12.9. The van der Waals surface area contributed by atoms with E-state index in [2.05, 4.69) is 57.5 Å². The molecule has 3 saturated carbocycles. The second-order valence-electron chi connectivity index (χ2n) is 23.5. The number of ether oxygens (including phenoxy) is 6. The standard InChI is InChI=1S/C45H72N6O12/c1-40(2)10-28(46-34(52)61-19-31-16-58-31)13-43(7,22-40)25-49-37(55)50(26-44(8)14-29(11-41(3,4)23-44)47-35(53)62-20-32-17-59-32)39(57)51(38(49)56)27-45(9)15-30(12-42(5,6)24-45)48-36(54)63-21-33-18-60-33/h28-33H,10-27H2,1-9H3,(H,46,52)(H,47,53)(H,48,54). The van der Waals surface area contributed by atoms with Crippen LogP contribution in [0.25, 0.3) is 0 Å². The highest BCUT2D eigenvalue weighted by Gasteiger charge is 2.47. The molecule has 18 heteroatoms. The van der Waals surface area contributed by atoms with Gasteiger partial charge in [0.15, 0.2) is 0 Å². The van der Waals surface area contributed by atoms with E-state index in [1.807, 2.05) is 20.8 Å². The summed E-state index contributed by atoms with van der Waals surface area (Å²) in [5.74, 6) is 0. The van der Waals surface area contributed by atoms with Gasteiger partial charge in [-0.15, -0.1) is 0 Å². The van der Waals surface area contributed by atoms with Crippen LogP contribution >= 0.6 is 0 Å². The molecule has 0 radical (unpaired) electrons. The number of carbonyl (C=O) groups is 3. The van der Waals surface area contributed by atoms with Gasteiger partial charge in [-0.05, 0) is 90.3 Å². The largest absolute Gasteiger partial charge is 0.447 e. The first-order chi connectivity index (χ1) is 29.3. The molecular weight excluding hydrogens is 817 g/mol. The molecule has 1 aromatic heterocycles. The minimum atomic E-state index is -0.687. The zero-order valence-electron chi connectivity index (χ0n) is 38.9. The smallest absolute Gasteiger partial charge is 0.407 e. The van der Waals surface area contributed by atoms with Crippen LogP contribution in [0.3, 0.4) is 0 Å². The summed E-state index contributed by atoms with van der Waals surface area (Å²) in [6.45, 7) is 21.0. The maximum atomic E-state index is 14.9. The summed E-state index contributed by atoms with van der Waals surface area (Å²) in [5, 5.41) is 9.09. The number of amides is 3. The monoisotopic (exact) mass is 889 g/mol. The summed E-state index contributed by atoms with van der Waals surface area (Å²) in [6, 6.07) is -0.867.